The van der Waals surface area contributed by atoms with Gasteiger partial charge in [-0.15, -0.1) is 11.8 Å². The van der Waals surface area contributed by atoms with Gasteiger partial charge in [0.1, 0.15) is 5.82 Å². The lowest BCUT2D eigenvalue weighted by Gasteiger charge is -2.11. The van der Waals surface area contributed by atoms with Crippen LogP contribution in [0.25, 0.3) is 0 Å². The Morgan fingerprint density at radius 3 is 1.91 bits per heavy atom. The molecule has 0 spiro atoms. The molecule has 0 aromatic heterocycles. The maximum absolute atomic E-state index is 12.8. The first-order chi connectivity index (χ1) is 11.2. The van der Waals surface area contributed by atoms with E-state index in [-0.39, 0.29) is 5.82 Å². The van der Waals surface area contributed by atoms with Gasteiger partial charge in [0.05, 0.1) is 13.2 Å². The highest BCUT2D eigenvalue weighted by Gasteiger charge is 2.04. The lowest BCUT2D eigenvalue weighted by molar-refractivity contribution is 0.107. The molecule has 0 radical (unpaired) electrons. The minimum Gasteiger partial charge on any atom is -0.372 e. The Balaban J connectivity index is 1.75. The van der Waals surface area contributed by atoms with Crippen LogP contribution in [0.3, 0.4) is 0 Å². The molecule has 0 N–H and O–H groups in total. The average molecular weight is 332 g/mol. The van der Waals surface area contributed by atoms with Crippen molar-refractivity contribution in [1.82, 2.24) is 0 Å². The summed E-state index contributed by atoms with van der Waals surface area (Å²) in [6.45, 7) is 5.60. The molecule has 1 nitrogen and oxygen atoms in total. The van der Waals surface area contributed by atoms with Crippen LogP contribution in [-0.4, -0.2) is 5.75 Å². The van der Waals surface area contributed by atoms with Crippen molar-refractivity contribution in [2.75, 3.05) is 5.75 Å². The van der Waals surface area contributed by atoms with Crippen LogP contribution in [0.15, 0.2) is 53.4 Å². The van der Waals surface area contributed by atoms with Crippen LogP contribution >= 0.6 is 11.8 Å². The van der Waals surface area contributed by atoms with E-state index < -0.39 is 0 Å². The second-order valence-corrected chi connectivity index (χ2v) is 6.85. The van der Waals surface area contributed by atoms with Crippen molar-refractivity contribution in [2.45, 2.75) is 44.8 Å². The number of ether oxygens (including phenoxy) is 1. The molecule has 0 atom stereocenters. The average Bonchev–Trinajstić information content (AvgIpc) is 2.59. The molecule has 2 aromatic carbocycles. The lowest BCUT2D eigenvalue weighted by atomic mass is 10.1. The Labute approximate surface area is 143 Å². The smallest absolute Gasteiger partial charge is 0.123 e. The summed E-state index contributed by atoms with van der Waals surface area (Å²) >= 11 is 1.93. The van der Waals surface area contributed by atoms with Crippen LogP contribution in [0.2, 0.25) is 0 Å². The van der Waals surface area contributed by atoms with Crippen molar-refractivity contribution in [3.63, 3.8) is 0 Å². The van der Waals surface area contributed by atoms with Crippen LogP contribution in [0, 0.1) is 11.7 Å². The zero-order valence-electron chi connectivity index (χ0n) is 13.9. The van der Waals surface area contributed by atoms with Crippen LogP contribution in [0.4, 0.5) is 4.39 Å². The Morgan fingerprint density at radius 2 is 1.39 bits per heavy atom. The van der Waals surface area contributed by atoms with Crippen molar-refractivity contribution in [3.05, 3.63) is 65.5 Å². The molecular weight excluding hydrogens is 307 g/mol. The number of hydrogen-bond donors (Lipinski definition) is 0. The molecular formula is C20H25FOS. The Morgan fingerprint density at radius 1 is 0.870 bits per heavy atom. The predicted octanol–water partition coefficient (Wildman–Crippen LogP) is 6.07. The highest BCUT2D eigenvalue weighted by atomic mass is 32.2. The van der Waals surface area contributed by atoms with Gasteiger partial charge in [-0.3, -0.25) is 0 Å². The largest absolute Gasteiger partial charge is 0.372 e. The maximum atomic E-state index is 12.8. The van der Waals surface area contributed by atoms with Gasteiger partial charge in [-0.1, -0.05) is 51.0 Å². The van der Waals surface area contributed by atoms with E-state index in [2.05, 4.69) is 38.1 Å². The van der Waals surface area contributed by atoms with Crippen molar-refractivity contribution in [1.29, 1.82) is 0 Å². The second-order valence-electron chi connectivity index (χ2n) is 5.76. The number of hydrogen-bond acceptors (Lipinski definition) is 2. The van der Waals surface area contributed by atoms with Gasteiger partial charge in [0, 0.05) is 10.6 Å². The molecule has 0 fully saturated rings. The topological polar surface area (TPSA) is 9.23 Å². The molecule has 0 saturated carbocycles. The normalized spacial score (nSPS) is 11.1. The third kappa shape index (κ3) is 6.36. The van der Waals surface area contributed by atoms with Crippen molar-refractivity contribution in [2.24, 2.45) is 5.92 Å². The fourth-order valence-corrected chi connectivity index (χ4v) is 3.52. The van der Waals surface area contributed by atoms with Crippen LogP contribution in [-0.2, 0) is 18.0 Å². The van der Waals surface area contributed by atoms with E-state index in [0.29, 0.717) is 13.2 Å². The van der Waals surface area contributed by atoms with Gasteiger partial charge >= 0.3 is 0 Å². The summed E-state index contributed by atoms with van der Waals surface area (Å²) in [4.78, 5) is 1.32. The van der Waals surface area contributed by atoms with E-state index in [0.717, 1.165) is 11.5 Å². The van der Waals surface area contributed by atoms with Gasteiger partial charge in [-0.25, -0.2) is 4.39 Å². The fourth-order valence-electron chi connectivity index (χ4n) is 2.29. The highest BCUT2D eigenvalue weighted by molar-refractivity contribution is 7.99. The SMILES string of the molecule is CCC(CC)CSc1ccc(COCc2ccc(F)cc2)cc1. The number of thioether (sulfide) groups is 1. The summed E-state index contributed by atoms with van der Waals surface area (Å²) in [6.07, 6.45) is 2.50. The molecule has 2 aromatic rings. The molecule has 0 aliphatic heterocycles. The molecule has 0 aliphatic rings. The molecule has 0 bridgehead atoms. The molecule has 23 heavy (non-hydrogen) atoms. The zero-order chi connectivity index (χ0) is 16.5. The number of halogens is 1. The number of rotatable bonds is 9. The van der Waals surface area contributed by atoms with Gasteiger partial charge in [-0.2, -0.15) is 0 Å². The first-order valence-electron chi connectivity index (χ1n) is 8.25. The van der Waals surface area contributed by atoms with Gasteiger partial charge < -0.3 is 4.74 Å². The van der Waals surface area contributed by atoms with Crippen molar-refractivity contribution >= 4 is 11.8 Å². The quantitative estimate of drug-likeness (QED) is 0.515. The molecule has 0 aliphatic carbocycles. The first kappa shape index (κ1) is 18.0. The molecule has 0 amide bonds. The molecule has 124 valence electrons. The molecule has 0 heterocycles. The Bertz CT molecular complexity index is 561. The maximum Gasteiger partial charge on any atom is 0.123 e. The Kier molecular flexibility index (Phi) is 7.63. The zero-order valence-corrected chi connectivity index (χ0v) is 14.7. The van der Waals surface area contributed by atoms with Gasteiger partial charge in [0.2, 0.25) is 0 Å². The standard InChI is InChI=1S/C20H25FOS/c1-3-16(4-2)15-23-20-11-7-18(8-12-20)14-22-13-17-5-9-19(21)10-6-17/h5-12,16H,3-4,13-15H2,1-2H3. The summed E-state index contributed by atoms with van der Waals surface area (Å²) in [6, 6.07) is 15.0. The predicted molar refractivity (Wildman–Crippen MR) is 96.1 cm³/mol. The molecule has 2 rings (SSSR count). The highest BCUT2D eigenvalue weighted by Crippen LogP contribution is 2.24. The minimum absolute atomic E-state index is 0.213. The van der Waals surface area contributed by atoms with E-state index in [1.807, 2.05) is 11.8 Å². The van der Waals surface area contributed by atoms with Gasteiger partial charge in [0.15, 0.2) is 0 Å². The molecule has 0 unspecified atom stereocenters. The fraction of sp³-hybridized carbons (Fsp3) is 0.400. The third-order valence-electron chi connectivity index (χ3n) is 4.01. The first-order valence-corrected chi connectivity index (χ1v) is 9.23. The molecule has 0 saturated heterocycles. The number of benzene rings is 2. The van der Waals surface area contributed by atoms with Crippen LogP contribution in [0.1, 0.15) is 37.8 Å². The minimum atomic E-state index is -0.213. The van der Waals surface area contributed by atoms with Crippen molar-refractivity contribution < 1.29 is 9.13 Å². The lowest BCUT2D eigenvalue weighted by Crippen LogP contribution is -1.99. The van der Waals surface area contributed by atoms with Crippen molar-refractivity contribution in [3.8, 4) is 0 Å². The summed E-state index contributed by atoms with van der Waals surface area (Å²) in [7, 11) is 0. The van der Waals surface area contributed by atoms with E-state index >= 15 is 0 Å². The van der Waals surface area contributed by atoms with E-state index in [4.69, 9.17) is 4.74 Å². The van der Waals surface area contributed by atoms with Gasteiger partial charge in [0.25, 0.3) is 0 Å². The van der Waals surface area contributed by atoms with Gasteiger partial charge in [-0.05, 0) is 41.3 Å². The Hall–Kier alpha value is -1.32. The summed E-state index contributed by atoms with van der Waals surface area (Å²) in [5.41, 5.74) is 2.16. The summed E-state index contributed by atoms with van der Waals surface area (Å²) in [5, 5.41) is 0. The summed E-state index contributed by atoms with van der Waals surface area (Å²) in [5.74, 6) is 1.78. The van der Waals surface area contributed by atoms with E-state index in [1.54, 1.807) is 12.1 Å². The van der Waals surface area contributed by atoms with E-state index in [9.17, 15) is 4.39 Å². The van der Waals surface area contributed by atoms with Crippen LogP contribution in [0.5, 0.6) is 0 Å². The monoisotopic (exact) mass is 332 g/mol. The summed E-state index contributed by atoms with van der Waals surface area (Å²) < 4.78 is 18.5. The third-order valence-corrected chi connectivity index (χ3v) is 5.26. The second kappa shape index (κ2) is 9.74. The van der Waals surface area contributed by atoms with Crippen LogP contribution < -0.4 is 0 Å². The van der Waals surface area contributed by atoms with E-state index in [1.165, 1.54) is 41.2 Å². The molecule has 3 heteroatoms.